The number of aliphatic hydroxyl groups excluding tert-OH is 1. The molecule has 7 heteroatoms. The molecular formula is C19H18Cl2NO4+. The van der Waals surface area contributed by atoms with Crippen molar-refractivity contribution in [1.82, 2.24) is 0 Å². The Balaban J connectivity index is 1.55. The summed E-state index contributed by atoms with van der Waals surface area (Å²) in [5, 5.41) is 11.6. The minimum Gasteiger partial charge on any atom is -0.474 e. The molecule has 0 aromatic heterocycles. The maximum absolute atomic E-state index is 10.7. The lowest BCUT2D eigenvalue weighted by atomic mass is 9.99. The Hall–Kier alpha value is -2.11. The van der Waals surface area contributed by atoms with E-state index in [1.807, 2.05) is 16.7 Å². The normalized spacial score (nSPS) is 18.3. The van der Waals surface area contributed by atoms with Gasteiger partial charge in [-0.25, -0.2) is 0 Å². The molecule has 1 unspecified atom stereocenters. The molecule has 0 saturated carbocycles. The number of aliphatic hydroxyl groups is 1. The van der Waals surface area contributed by atoms with Crippen molar-refractivity contribution in [3.63, 3.8) is 0 Å². The van der Waals surface area contributed by atoms with Gasteiger partial charge in [0.2, 0.25) is 12.9 Å². The first-order chi connectivity index (χ1) is 12.5. The van der Waals surface area contributed by atoms with Crippen molar-refractivity contribution in [1.29, 1.82) is 0 Å². The molecule has 1 N–H and O–H groups in total. The SMILES string of the molecule is CC(Oc1ccc(Cl)cc1Cl)C(O)=[N+]1CCc2cc3c(cc2C1)OCO3. The fourth-order valence-electron chi connectivity index (χ4n) is 3.21. The van der Waals surface area contributed by atoms with Crippen LogP contribution >= 0.6 is 23.2 Å². The summed E-state index contributed by atoms with van der Waals surface area (Å²) in [7, 11) is 0. The van der Waals surface area contributed by atoms with Gasteiger partial charge in [0.25, 0.3) is 0 Å². The Morgan fingerprint density at radius 2 is 1.88 bits per heavy atom. The first-order valence-corrected chi connectivity index (χ1v) is 9.10. The minimum atomic E-state index is -0.538. The third-order valence-corrected chi connectivity index (χ3v) is 5.12. The van der Waals surface area contributed by atoms with Crippen LogP contribution < -0.4 is 14.2 Å². The van der Waals surface area contributed by atoms with Gasteiger partial charge in [0, 0.05) is 17.0 Å². The lowest BCUT2D eigenvalue weighted by Gasteiger charge is -2.19. The van der Waals surface area contributed by atoms with E-state index in [1.165, 1.54) is 5.56 Å². The second kappa shape index (κ2) is 6.89. The first-order valence-electron chi connectivity index (χ1n) is 8.35. The van der Waals surface area contributed by atoms with Crippen molar-refractivity contribution in [2.45, 2.75) is 26.0 Å². The van der Waals surface area contributed by atoms with Crippen LogP contribution in [-0.2, 0) is 13.0 Å². The molecule has 2 heterocycles. The zero-order chi connectivity index (χ0) is 18.3. The second-order valence-electron chi connectivity index (χ2n) is 6.34. The van der Waals surface area contributed by atoms with E-state index in [1.54, 1.807) is 25.1 Å². The summed E-state index contributed by atoms with van der Waals surface area (Å²) in [6, 6.07) is 9.02. The zero-order valence-corrected chi connectivity index (χ0v) is 15.7. The van der Waals surface area contributed by atoms with Crippen molar-refractivity contribution in [2.24, 2.45) is 0 Å². The van der Waals surface area contributed by atoms with Gasteiger partial charge in [-0.1, -0.05) is 23.2 Å². The van der Waals surface area contributed by atoms with Gasteiger partial charge in [-0.15, -0.1) is 0 Å². The Morgan fingerprint density at radius 3 is 2.62 bits per heavy atom. The fraction of sp³-hybridized carbons (Fsp3) is 0.316. The third-order valence-electron chi connectivity index (χ3n) is 4.59. The van der Waals surface area contributed by atoms with Crippen LogP contribution in [0.4, 0.5) is 0 Å². The number of halogens is 2. The Labute approximate surface area is 161 Å². The van der Waals surface area contributed by atoms with Crippen molar-refractivity contribution in [2.75, 3.05) is 13.3 Å². The maximum Gasteiger partial charge on any atom is 0.376 e. The van der Waals surface area contributed by atoms with Gasteiger partial charge in [-0.2, -0.15) is 4.58 Å². The summed E-state index contributed by atoms with van der Waals surface area (Å²) in [6.07, 6.45) is 0.272. The minimum absolute atomic E-state index is 0.166. The van der Waals surface area contributed by atoms with Crippen molar-refractivity contribution >= 4 is 29.1 Å². The van der Waals surface area contributed by atoms with Gasteiger partial charge < -0.3 is 19.3 Å². The molecule has 4 rings (SSSR count). The number of nitrogens with zero attached hydrogens (tertiary/aromatic N) is 1. The Morgan fingerprint density at radius 1 is 1.15 bits per heavy atom. The highest BCUT2D eigenvalue weighted by molar-refractivity contribution is 6.35. The molecule has 0 spiro atoms. The smallest absolute Gasteiger partial charge is 0.376 e. The molecule has 26 heavy (non-hydrogen) atoms. The predicted molar refractivity (Wildman–Crippen MR) is 99.3 cm³/mol. The highest BCUT2D eigenvalue weighted by Crippen LogP contribution is 2.36. The number of hydrogen-bond acceptors (Lipinski definition) is 3. The highest BCUT2D eigenvalue weighted by atomic mass is 35.5. The number of hydrogen-bond donors (Lipinski definition) is 1. The molecule has 5 nitrogen and oxygen atoms in total. The molecule has 1 atom stereocenters. The Bertz CT molecular complexity index is 897. The van der Waals surface area contributed by atoms with Crippen LogP contribution in [0, 0.1) is 0 Å². The molecule has 2 aliphatic rings. The van der Waals surface area contributed by atoms with E-state index in [-0.39, 0.29) is 12.7 Å². The van der Waals surface area contributed by atoms with Gasteiger partial charge in [0.05, 0.1) is 5.02 Å². The predicted octanol–water partition coefficient (Wildman–Crippen LogP) is 4.21. The van der Waals surface area contributed by atoms with E-state index < -0.39 is 6.10 Å². The molecule has 0 aliphatic carbocycles. The average Bonchev–Trinajstić information content (AvgIpc) is 3.08. The van der Waals surface area contributed by atoms with Crippen LogP contribution in [-0.4, -0.2) is 35.0 Å². The van der Waals surface area contributed by atoms with Gasteiger partial charge in [-0.3, -0.25) is 0 Å². The van der Waals surface area contributed by atoms with E-state index >= 15 is 0 Å². The molecule has 2 aromatic carbocycles. The van der Waals surface area contributed by atoms with Gasteiger partial charge in [-0.05, 0) is 42.8 Å². The summed E-state index contributed by atoms with van der Waals surface area (Å²) in [4.78, 5) is 0. The number of benzene rings is 2. The zero-order valence-electron chi connectivity index (χ0n) is 14.2. The number of ether oxygens (including phenoxy) is 3. The van der Waals surface area contributed by atoms with E-state index in [0.717, 1.165) is 23.5 Å². The molecule has 136 valence electrons. The maximum atomic E-state index is 10.7. The lowest BCUT2D eigenvalue weighted by molar-refractivity contribution is -0.557. The van der Waals surface area contributed by atoms with Crippen LogP contribution in [0.5, 0.6) is 17.2 Å². The molecule has 0 radical (unpaired) electrons. The summed E-state index contributed by atoms with van der Waals surface area (Å²) < 4.78 is 18.6. The van der Waals surface area contributed by atoms with E-state index in [9.17, 15) is 5.11 Å². The quantitative estimate of drug-likeness (QED) is 0.625. The number of rotatable bonds is 3. The van der Waals surface area contributed by atoms with E-state index in [4.69, 9.17) is 37.4 Å². The molecule has 2 aliphatic heterocycles. The summed E-state index contributed by atoms with van der Waals surface area (Å²) >= 11 is 12.0. The van der Waals surface area contributed by atoms with Gasteiger partial charge in [0.1, 0.15) is 5.75 Å². The summed E-state index contributed by atoms with van der Waals surface area (Å²) in [5.74, 6) is 2.19. The summed E-state index contributed by atoms with van der Waals surface area (Å²) in [6.45, 7) is 3.32. The van der Waals surface area contributed by atoms with Crippen molar-refractivity contribution in [3.05, 3.63) is 51.5 Å². The van der Waals surface area contributed by atoms with Crippen LogP contribution in [0.3, 0.4) is 0 Å². The highest BCUT2D eigenvalue weighted by Gasteiger charge is 2.29. The van der Waals surface area contributed by atoms with Crippen molar-refractivity contribution in [3.8, 4) is 17.2 Å². The molecule has 2 aromatic rings. The third kappa shape index (κ3) is 3.29. The second-order valence-corrected chi connectivity index (χ2v) is 7.18. The van der Waals surface area contributed by atoms with Crippen LogP contribution in [0.2, 0.25) is 10.0 Å². The molecular weight excluding hydrogens is 377 g/mol. The standard InChI is InChI=1S/C19H17Cl2NO4/c1-11(26-16-3-2-14(20)8-15(16)21)19(23)22-5-4-12-6-17-18(25-10-24-17)7-13(12)9-22/h2-3,6-8,11H,4-5,9-10H2,1H3/p+1. The number of fused-ring (bicyclic) bond motifs is 2. The first kappa shape index (κ1) is 17.3. The average molecular weight is 395 g/mol. The topological polar surface area (TPSA) is 50.9 Å². The van der Waals surface area contributed by atoms with Crippen LogP contribution in [0.1, 0.15) is 18.1 Å². The van der Waals surface area contributed by atoms with Crippen LogP contribution in [0.15, 0.2) is 30.3 Å². The largest absolute Gasteiger partial charge is 0.474 e. The van der Waals surface area contributed by atoms with Gasteiger partial charge in [0.15, 0.2) is 24.6 Å². The monoisotopic (exact) mass is 394 g/mol. The molecule has 0 amide bonds. The van der Waals surface area contributed by atoms with Crippen LogP contribution in [0.25, 0.3) is 0 Å². The Kier molecular flexibility index (Phi) is 4.59. The van der Waals surface area contributed by atoms with Gasteiger partial charge >= 0.3 is 5.90 Å². The summed E-state index contributed by atoms with van der Waals surface area (Å²) in [5.41, 5.74) is 2.33. The van der Waals surface area contributed by atoms with Crippen molar-refractivity contribution < 1.29 is 23.9 Å². The molecule has 0 bridgehead atoms. The lowest BCUT2D eigenvalue weighted by Crippen LogP contribution is -2.36. The van der Waals surface area contributed by atoms with E-state index in [0.29, 0.717) is 28.9 Å². The van der Waals surface area contributed by atoms with E-state index in [2.05, 4.69) is 0 Å². The fourth-order valence-corrected chi connectivity index (χ4v) is 3.67. The molecule has 0 fully saturated rings. The molecule has 0 saturated heterocycles.